The van der Waals surface area contributed by atoms with Gasteiger partial charge in [-0.05, 0) is 23.9 Å². The fourth-order valence-electron chi connectivity index (χ4n) is 2.87. The Kier molecular flexibility index (Phi) is 5.30. The molecule has 24 heavy (non-hydrogen) atoms. The van der Waals surface area contributed by atoms with E-state index >= 15 is 0 Å². The molecule has 7 heteroatoms. The molecule has 0 saturated heterocycles. The van der Waals surface area contributed by atoms with Crippen molar-refractivity contribution in [2.24, 2.45) is 0 Å². The van der Waals surface area contributed by atoms with Crippen LogP contribution in [0, 0.1) is 0 Å². The summed E-state index contributed by atoms with van der Waals surface area (Å²) in [7, 11) is 0. The molecule has 2 aromatic heterocycles. The predicted octanol–water partition coefficient (Wildman–Crippen LogP) is 2.33. The number of hydrogen-bond donors (Lipinski definition) is 1. The normalized spacial score (nSPS) is 16.7. The monoisotopic (exact) mass is 346 g/mol. The average Bonchev–Trinajstić information content (AvgIpc) is 3.27. The number of carbonyl (C=O) groups excluding carboxylic acids is 2. The van der Waals surface area contributed by atoms with Gasteiger partial charge in [0.05, 0.1) is 25.3 Å². The maximum Gasteiger partial charge on any atom is 0.247 e. The molecular weight excluding hydrogens is 324 g/mol. The summed E-state index contributed by atoms with van der Waals surface area (Å²) in [5.74, 6) is 0.0155. The zero-order valence-electron chi connectivity index (χ0n) is 13.8. The van der Waals surface area contributed by atoms with E-state index in [1.165, 1.54) is 0 Å². The predicted molar refractivity (Wildman–Crippen MR) is 92.4 cm³/mol. The summed E-state index contributed by atoms with van der Waals surface area (Å²) in [6, 6.07) is 5.37. The minimum Gasteiger partial charge on any atom is -0.349 e. The number of amides is 2. The molecule has 0 aromatic carbocycles. The molecule has 0 fully saturated rings. The zero-order valence-corrected chi connectivity index (χ0v) is 14.6. The largest absolute Gasteiger partial charge is 0.349 e. The van der Waals surface area contributed by atoms with E-state index in [0.29, 0.717) is 26.1 Å². The first-order chi connectivity index (χ1) is 11.7. The molecule has 0 bridgehead atoms. The van der Waals surface area contributed by atoms with Crippen LogP contribution in [0.5, 0.6) is 0 Å². The Labute approximate surface area is 145 Å². The molecule has 0 aliphatic carbocycles. The van der Waals surface area contributed by atoms with E-state index in [0.717, 1.165) is 23.4 Å². The maximum atomic E-state index is 12.6. The van der Waals surface area contributed by atoms with E-state index in [4.69, 9.17) is 0 Å². The molecule has 2 aromatic rings. The Hall–Kier alpha value is -2.15. The number of fused-ring (bicyclic) bond motifs is 1. The molecule has 3 rings (SSSR count). The van der Waals surface area contributed by atoms with Crippen molar-refractivity contribution in [3.8, 4) is 0 Å². The van der Waals surface area contributed by atoms with Gasteiger partial charge in [-0.25, -0.2) is 0 Å². The van der Waals surface area contributed by atoms with Crippen LogP contribution in [0.1, 0.15) is 42.8 Å². The van der Waals surface area contributed by atoms with E-state index in [1.807, 2.05) is 23.6 Å². The Balaban J connectivity index is 1.69. The lowest BCUT2D eigenvalue weighted by molar-refractivity contribution is -0.135. The highest BCUT2D eigenvalue weighted by Gasteiger charge is 2.32. The van der Waals surface area contributed by atoms with E-state index < -0.39 is 6.04 Å². The molecule has 2 amide bonds. The third-order valence-electron chi connectivity index (χ3n) is 4.21. The van der Waals surface area contributed by atoms with Crippen LogP contribution in [0.15, 0.2) is 29.8 Å². The minimum absolute atomic E-state index is 0.0960. The number of unbranched alkanes of at least 4 members (excludes halogenated alkanes) is 1. The average molecular weight is 346 g/mol. The van der Waals surface area contributed by atoms with Crippen molar-refractivity contribution in [1.82, 2.24) is 20.0 Å². The molecule has 1 aliphatic heterocycles. The van der Waals surface area contributed by atoms with Crippen LogP contribution in [0.2, 0.25) is 0 Å². The van der Waals surface area contributed by atoms with E-state index in [2.05, 4.69) is 17.3 Å². The zero-order chi connectivity index (χ0) is 16.9. The number of carbonyl (C=O) groups is 2. The first kappa shape index (κ1) is 16.7. The van der Waals surface area contributed by atoms with Gasteiger partial charge in [0.2, 0.25) is 11.8 Å². The molecule has 128 valence electrons. The number of rotatable bonds is 6. The summed E-state index contributed by atoms with van der Waals surface area (Å²) >= 11 is 1.61. The number of thiophene rings is 1. The second-order valence-corrected chi connectivity index (χ2v) is 6.99. The second kappa shape index (κ2) is 7.61. The quantitative estimate of drug-likeness (QED) is 0.873. The van der Waals surface area contributed by atoms with Gasteiger partial charge in [-0.3, -0.25) is 14.3 Å². The highest BCUT2D eigenvalue weighted by molar-refractivity contribution is 7.09. The number of aromatic nitrogens is 2. The van der Waals surface area contributed by atoms with Crippen LogP contribution in [-0.4, -0.2) is 33.0 Å². The Bertz CT molecular complexity index is 695. The topological polar surface area (TPSA) is 67.2 Å². The van der Waals surface area contributed by atoms with Gasteiger partial charge in [0.25, 0.3) is 0 Å². The highest BCUT2D eigenvalue weighted by atomic mass is 32.1. The van der Waals surface area contributed by atoms with Gasteiger partial charge in [0.15, 0.2) is 0 Å². The van der Waals surface area contributed by atoms with Crippen LogP contribution < -0.4 is 5.32 Å². The molecule has 0 saturated carbocycles. The molecular formula is C17H22N4O2S. The van der Waals surface area contributed by atoms with Crippen molar-refractivity contribution >= 4 is 23.2 Å². The van der Waals surface area contributed by atoms with Crippen molar-refractivity contribution in [2.45, 2.75) is 45.3 Å². The lowest BCUT2D eigenvalue weighted by Gasteiger charge is -2.33. The summed E-state index contributed by atoms with van der Waals surface area (Å²) in [5, 5.41) is 9.23. The minimum atomic E-state index is -0.464. The molecule has 3 heterocycles. The van der Waals surface area contributed by atoms with Crippen LogP contribution in [0.3, 0.4) is 0 Å². The van der Waals surface area contributed by atoms with E-state index in [1.54, 1.807) is 27.1 Å². The molecule has 6 nitrogen and oxygen atoms in total. The van der Waals surface area contributed by atoms with Gasteiger partial charge >= 0.3 is 0 Å². The van der Waals surface area contributed by atoms with Crippen molar-refractivity contribution < 1.29 is 9.59 Å². The lowest BCUT2D eigenvalue weighted by atomic mass is 10.1. The molecule has 0 radical (unpaired) electrons. The first-order valence-electron chi connectivity index (χ1n) is 8.29. The SMILES string of the molecule is CCCCC(=O)N1Cc2ccnn2[C@H](C(=O)NCc2cccs2)C1. The number of nitrogens with zero attached hydrogens (tertiary/aromatic N) is 3. The van der Waals surface area contributed by atoms with Gasteiger partial charge in [-0.15, -0.1) is 11.3 Å². The summed E-state index contributed by atoms with van der Waals surface area (Å²) in [6.07, 6.45) is 4.09. The van der Waals surface area contributed by atoms with Crippen molar-refractivity contribution in [2.75, 3.05) is 6.54 Å². The van der Waals surface area contributed by atoms with Gasteiger partial charge in [0, 0.05) is 17.5 Å². The second-order valence-electron chi connectivity index (χ2n) is 5.96. The summed E-state index contributed by atoms with van der Waals surface area (Å²) < 4.78 is 1.74. The summed E-state index contributed by atoms with van der Waals surface area (Å²) in [4.78, 5) is 27.9. The van der Waals surface area contributed by atoms with Gasteiger partial charge in [-0.2, -0.15) is 5.10 Å². The van der Waals surface area contributed by atoms with Crippen LogP contribution in [0.25, 0.3) is 0 Å². The Morgan fingerprint density at radius 3 is 3.04 bits per heavy atom. The molecule has 1 N–H and O–H groups in total. The van der Waals surface area contributed by atoms with Gasteiger partial charge in [-0.1, -0.05) is 19.4 Å². The summed E-state index contributed by atoms with van der Waals surface area (Å²) in [6.45, 7) is 3.48. The molecule has 1 atom stereocenters. The van der Waals surface area contributed by atoms with Gasteiger partial charge in [0.1, 0.15) is 6.04 Å². The van der Waals surface area contributed by atoms with E-state index in [-0.39, 0.29) is 11.8 Å². The van der Waals surface area contributed by atoms with Crippen molar-refractivity contribution in [3.63, 3.8) is 0 Å². The Morgan fingerprint density at radius 2 is 2.29 bits per heavy atom. The van der Waals surface area contributed by atoms with Gasteiger partial charge < -0.3 is 10.2 Å². The Morgan fingerprint density at radius 1 is 1.42 bits per heavy atom. The molecule has 0 spiro atoms. The van der Waals surface area contributed by atoms with Crippen LogP contribution in [-0.2, 0) is 22.7 Å². The number of nitrogens with one attached hydrogen (secondary N) is 1. The first-order valence-corrected chi connectivity index (χ1v) is 9.17. The van der Waals surface area contributed by atoms with Crippen molar-refractivity contribution in [1.29, 1.82) is 0 Å². The molecule has 0 unspecified atom stereocenters. The highest BCUT2D eigenvalue weighted by Crippen LogP contribution is 2.22. The maximum absolute atomic E-state index is 12.6. The smallest absolute Gasteiger partial charge is 0.247 e. The fraction of sp³-hybridized carbons (Fsp3) is 0.471. The van der Waals surface area contributed by atoms with Crippen LogP contribution in [0.4, 0.5) is 0 Å². The fourth-order valence-corrected chi connectivity index (χ4v) is 3.51. The lowest BCUT2D eigenvalue weighted by Crippen LogP contribution is -2.46. The standard InChI is InChI=1S/C17H22N4O2S/c1-2-3-6-16(22)20-11-13-7-8-19-21(13)15(12-20)17(23)18-10-14-5-4-9-24-14/h4-5,7-9,15H,2-3,6,10-12H2,1H3,(H,18,23)/t15-/m0/s1. The third kappa shape index (κ3) is 3.67. The summed E-state index contributed by atoms with van der Waals surface area (Å²) in [5.41, 5.74) is 0.905. The van der Waals surface area contributed by atoms with Crippen LogP contribution >= 0.6 is 11.3 Å². The molecule has 1 aliphatic rings. The number of hydrogen-bond acceptors (Lipinski definition) is 4. The van der Waals surface area contributed by atoms with Crippen molar-refractivity contribution in [3.05, 3.63) is 40.3 Å². The van der Waals surface area contributed by atoms with E-state index in [9.17, 15) is 9.59 Å². The third-order valence-corrected chi connectivity index (χ3v) is 5.09.